The smallest absolute Gasteiger partial charge is 0.266 e. The van der Waals surface area contributed by atoms with E-state index in [2.05, 4.69) is 21.2 Å². The van der Waals surface area contributed by atoms with Crippen molar-refractivity contribution in [2.45, 2.75) is 6.42 Å². The lowest BCUT2D eigenvalue weighted by Crippen LogP contribution is -2.13. The Morgan fingerprint density at radius 1 is 1.03 bits per heavy atom. The number of hydrogen-bond donors (Lipinski definition) is 1. The number of rotatable bonds is 5. The molecule has 0 fully saturated rings. The molecule has 0 atom stereocenters. The Morgan fingerprint density at radius 3 is 2.45 bits per heavy atom. The Labute approximate surface area is 175 Å². The van der Waals surface area contributed by atoms with Crippen LogP contribution in [0.3, 0.4) is 0 Å². The lowest BCUT2D eigenvalue weighted by atomic mass is 9.98. The third-order valence-electron chi connectivity index (χ3n) is 4.21. The highest BCUT2D eigenvalue weighted by atomic mass is 79.9. The van der Waals surface area contributed by atoms with Crippen molar-refractivity contribution in [3.05, 3.63) is 105 Å². The van der Waals surface area contributed by atoms with Gasteiger partial charge in [0.25, 0.3) is 5.91 Å². The summed E-state index contributed by atoms with van der Waals surface area (Å²) >= 11 is 3.38. The second kappa shape index (κ2) is 9.26. The lowest BCUT2D eigenvalue weighted by molar-refractivity contribution is -0.112. The van der Waals surface area contributed by atoms with Gasteiger partial charge >= 0.3 is 0 Å². The summed E-state index contributed by atoms with van der Waals surface area (Å²) in [6, 6.07) is 19.0. The van der Waals surface area contributed by atoms with Crippen molar-refractivity contribution in [3.8, 4) is 6.07 Å². The van der Waals surface area contributed by atoms with Crippen LogP contribution < -0.4 is 5.32 Å². The van der Waals surface area contributed by atoms with Gasteiger partial charge in [0.05, 0.1) is 0 Å². The summed E-state index contributed by atoms with van der Waals surface area (Å²) < 4.78 is 27.8. The van der Waals surface area contributed by atoms with Crippen LogP contribution in [0.4, 0.5) is 14.5 Å². The Morgan fingerprint density at radius 2 is 1.76 bits per heavy atom. The number of nitrogens with one attached hydrogen (secondary N) is 1. The van der Waals surface area contributed by atoms with Crippen LogP contribution in [0.15, 0.2) is 76.8 Å². The van der Waals surface area contributed by atoms with Gasteiger partial charge in [0.15, 0.2) is 0 Å². The third-order valence-corrected chi connectivity index (χ3v) is 4.71. The molecule has 0 aliphatic rings. The van der Waals surface area contributed by atoms with Crippen molar-refractivity contribution in [1.29, 1.82) is 5.26 Å². The lowest BCUT2D eigenvalue weighted by Gasteiger charge is -2.09. The number of halogens is 3. The number of carbonyl (C=O) groups excluding carboxylic acids is 1. The van der Waals surface area contributed by atoms with Crippen LogP contribution in [0.1, 0.15) is 16.7 Å². The first-order chi connectivity index (χ1) is 14.0. The Kier molecular flexibility index (Phi) is 6.53. The van der Waals surface area contributed by atoms with E-state index in [9.17, 15) is 18.8 Å². The fourth-order valence-electron chi connectivity index (χ4n) is 2.74. The molecule has 0 aromatic heterocycles. The predicted molar refractivity (Wildman–Crippen MR) is 112 cm³/mol. The Bertz CT molecular complexity index is 1120. The van der Waals surface area contributed by atoms with Crippen molar-refractivity contribution in [2.75, 3.05) is 5.32 Å². The van der Waals surface area contributed by atoms with Gasteiger partial charge < -0.3 is 5.32 Å². The highest BCUT2D eigenvalue weighted by Gasteiger charge is 2.12. The van der Waals surface area contributed by atoms with Crippen LogP contribution in [0.25, 0.3) is 6.08 Å². The number of hydrogen-bond acceptors (Lipinski definition) is 2. The molecule has 1 N–H and O–H groups in total. The zero-order valence-corrected chi connectivity index (χ0v) is 16.7. The third kappa shape index (κ3) is 5.37. The normalized spacial score (nSPS) is 11.0. The molecule has 0 aliphatic carbocycles. The van der Waals surface area contributed by atoms with Gasteiger partial charge in [-0.1, -0.05) is 40.2 Å². The molecule has 3 aromatic carbocycles. The van der Waals surface area contributed by atoms with Crippen molar-refractivity contribution >= 4 is 33.6 Å². The van der Waals surface area contributed by atoms with Crippen LogP contribution in [-0.2, 0) is 11.2 Å². The quantitative estimate of drug-likeness (QED) is 0.389. The molecule has 29 heavy (non-hydrogen) atoms. The van der Waals surface area contributed by atoms with Crippen LogP contribution in [0, 0.1) is 23.0 Å². The highest BCUT2D eigenvalue weighted by Crippen LogP contribution is 2.23. The van der Waals surface area contributed by atoms with Crippen LogP contribution in [0.2, 0.25) is 0 Å². The van der Waals surface area contributed by atoms with Gasteiger partial charge in [-0.25, -0.2) is 8.78 Å². The molecule has 0 unspecified atom stereocenters. The molecule has 6 heteroatoms. The van der Waals surface area contributed by atoms with Crippen LogP contribution >= 0.6 is 15.9 Å². The van der Waals surface area contributed by atoms with Gasteiger partial charge in [0.2, 0.25) is 0 Å². The van der Waals surface area contributed by atoms with E-state index >= 15 is 0 Å². The number of anilines is 1. The second-order valence-corrected chi connectivity index (χ2v) is 7.16. The van der Waals surface area contributed by atoms with E-state index in [1.807, 2.05) is 18.2 Å². The average Bonchev–Trinajstić information content (AvgIpc) is 2.71. The van der Waals surface area contributed by atoms with Gasteiger partial charge in [-0.3, -0.25) is 4.79 Å². The number of amides is 1. The van der Waals surface area contributed by atoms with Gasteiger partial charge in [0.1, 0.15) is 23.3 Å². The fraction of sp³-hybridized carbons (Fsp3) is 0.0435. The van der Waals surface area contributed by atoms with Gasteiger partial charge in [-0.15, -0.1) is 0 Å². The molecule has 3 nitrogen and oxygen atoms in total. The molecule has 0 saturated heterocycles. The SMILES string of the molecule is N#C/C(=C\c1cc(Br)ccc1Cc1ccccc1F)C(=O)Nc1ccc(F)cc1. The van der Waals surface area contributed by atoms with Crippen molar-refractivity contribution in [3.63, 3.8) is 0 Å². The van der Waals surface area contributed by atoms with E-state index < -0.39 is 11.7 Å². The molecule has 3 rings (SSSR count). The summed E-state index contributed by atoms with van der Waals surface area (Å²) in [4.78, 5) is 12.5. The van der Waals surface area contributed by atoms with E-state index in [0.717, 1.165) is 10.0 Å². The summed E-state index contributed by atoms with van der Waals surface area (Å²) in [5.41, 5.74) is 2.15. The number of nitriles is 1. The first-order valence-corrected chi connectivity index (χ1v) is 9.46. The monoisotopic (exact) mass is 452 g/mol. The molecule has 144 valence electrons. The molecule has 0 bridgehead atoms. The Balaban J connectivity index is 1.91. The molecule has 0 aliphatic heterocycles. The van der Waals surface area contributed by atoms with Gasteiger partial charge in [0, 0.05) is 16.6 Å². The summed E-state index contributed by atoms with van der Waals surface area (Å²) in [6.45, 7) is 0. The molecule has 0 saturated carbocycles. The Hall–Kier alpha value is -3.30. The van der Waals surface area contributed by atoms with E-state index in [1.54, 1.807) is 24.3 Å². The topological polar surface area (TPSA) is 52.9 Å². The largest absolute Gasteiger partial charge is 0.321 e. The standard InChI is InChI=1S/C23H15BrF2N2O/c24-19-6-5-15(11-16-3-1-2-4-22(16)26)17(13-19)12-18(14-27)23(29)28-21-9-7-20(25)8-10-21/h1-10,12-13H,11H2,(H,28,29)/b18-12+. The van der Waals surface area contributed by atoms with E-state index in [1.165, 1.54) is 36.4 Å². The molecular formula is C23H15BrF2N2O. The summed E-state index contributed by atoms with van der Waals surface area (Å²) in [5.74, 6) is -1.36. The minimum Gasteiger partial charge on any atom is -0.321 e. The fourth-order valence-corrected chi connectivity index (χ4v) is 3.12. The first kappa shape index (κ1) is 20.4. The van der Waals surface area contributed by atoms with E-state index in [0.29, 0.717) is 23.2 Å². The molecule has 3 aromatic rings. The molecule has 0 heterocycles. The zero-order valence-electron chi connectivity index (χ0n) is 15.1. The van der Waals surface area contributed by atoms with Crippen molar-refractivity contribution < 1.29 is 13.6 Å². The van der Waals surface area contributed by atoms with Crippen LogP contribution in [0.5, 0.6) is 0 Å². The average molecular weight is 453 g/mol. The summed E-state index contributed by atoms with van der Waals surface area (Å²) in [6.07, 6.45) is 1.77. The second-order valence-electron chi connectivity index (χ2n) is 6.24. The number of benzene rings is 3. The zero-order chi connectivity index (χ0) is 20.8. The first-order valence-electron chi connectivity index (χ1n) is 8.67. The maximum Gasteiger partial charge on any atom is 0.266 e. The van der Waals surface area contributed by atoms with E-state index in [4.69, 9.17) is 0 Å². The van der Waals surface area contributed by atoms with E-state index in [-0.39, 0.29) is 11.4 Å². The molecular weight excluding hydrogens is 438 g/mol. The minimum absolute atomic E-state index is 0.123. The maximum atomic E-state index is 14.0. The van der Waals surface area contributed by atoms with Gasteiger partial charge in [-0.05, 0) is 65.2 Å². The summed E-state index contributed by atoms with van der Waals surface area (Å²) in [7, 11) is 0. The van der Waals surface area contributed by atoms with Crippen molar-refractivity contribution in [1.82, 2.24) is 0 Å². The van der Waals surface area contributed by atoms with Crippen LogP contribution in [-0.4, -0.2) is 5.91 Å². The minimum atomic E-state index is -0.615. The molecule has 0 spiro atoms. The number of nitrogens with zero attached hydrogens (tertiary/aromatic N) is 1. The summed E-state index contributed by atoms with van der Waals surface area (Å²) in [5, 5.41) is 12.0. The molecule has 0 radical (unpaired) electrons. The van der Waals surface area contributed by atoms with Gasteiger partial charge in [-0.2, -0.15) is 5.26 Å². The molecule has 1 amide bonds. The highest BCUT2D eigenvalue weighted by molar-refractivity contribution is 9.10. The van der Waals surface area contributed by atoms with Crippen molar-refractivity contribution in [2.24, 2.45) is 0 Å². The number of carbonyl (C=O) groups is 1. The maximum absolute atomic E-state index is 14.0. The predicted octanol–water partition coefficient (Wildman–Crippen LogP) is 5.86.